The van der Waals surface area contributed by atoms with Crippen LogP contribution in [-0.4, -0.2) is 27.4 Å². The van der Waals surface area contributed by atoms with Crippen molar-refractivity contribution < 1.29 is 13.9 Å². The molecule has 0 bridgehead atoms. The van der Waals surface area contributed by atoms with Gasteiger partial charge in [0.05, 0.1) is 24.0 Å². The van der Waals surface area contributed by atoms with E-state index in [1.807, 2.05) is 19.1 Å². The lowest BCUT2D eigenvalue weighted by atomic mass is 10.1. The van der Waals surface area contributed by atoms with Crippen LogP contribution in [0.3, 0.4) is 0 Å². The first kappa shape index (κ1) is 17.7. The fourth-order valence-electron chi connectivity index (χ4n) is 3.13. The van der Waals surface area contributed by atoms with Crippen molar-refractivity contribution in [1.29, 1.82) is 0 Å². The number of carbonyl (C=O) groups excluding carboxylic acids is 1. The smallest absolute Gasteiger partial charge is 0.341 e. The third-order valence-electron chi connectivity index (χ3n) is 4.55. The zero-order valence-corrected chi connectivity index (χ0v) is 15.2. The number of ether oxygens (including phenoxy) is 1. The van der Waals surface area contributed by atoms with Crippen molar-refractivity contribution in [3.05, 3.63) is 88.2 Å². The monoisotopic (exact) mass is 377 g/mol. The van der Waals surface area contributed by atoms with E-state index in [-0.39, 0.29) is 22.5 Å². The van der Waals surface area contributed by atoms with Gasteiger partial charge in [-0.15, -0.1) is 0 Å². The summed E-state index contributed by atoms with van der Waals surface area (Å²) in [6.45, 7) is 1.86. The van der Waals surface area contributed by atoms with Crippen LogP contribution in [0.5, 0.6) is 0 Å². The number of aromatic nitrogens is 3. The second-order valence-electron chi connectivity index (χ2n) is 6.29. The molecule has 0 unspecified atom stereocenters. The van der Waals surface area contributed by atoms with Gasteiger partial charge in [-0.2, -0.15) is 9.78 Å². The molecule has 0 saturated carbocycles. The minimum atomic E-state index is -0.662. The summed E-state index contributed by atoms with van der Waals surface area (Å²) in [5.74, 6) is -1.15. The van der Waals surface area contributed by atoms with Crippen LogP contribution < -0.4 is 5.56 Å². The first-order valence-corrected chi connectivity index (χ1v) is 8.55. The predicted molar refractivity (Wildman–Crippen MR) is 102 cm³/mol. The normalized spacial score (nSPS) is 11.0. The van der Waals surface area contributed by atoms with Gasteiger partial charge < -0.3 is 9.30 Å². The minimum absolute atomic E-state index is 0.0766. The van der Waals surface area contributed by atoms with E-state index >= 15 is 0 Å². The Labute approximate surface area is 159 Å². The van der Waals surface area contributed by atoms with E-state index in [1.54, 1.807) is 30.3 Å². The number of hydrogen-bond donors (Lipinski definition) is 0. The van der Waals surface area contributed by atoms with E-state index in [0.29, 0.717) is 5.69 Å². The van der Waals surface area contributed by atoms with Gasteiger partial charge in [-0.25, -0.2) is 9.18 Å². The van der Waals surface area contributed by atoms with Gasteiger partial charge in [0.15, 0.2) is 0 Å². The molecule has 140 valence electrons. The third-order valence-corrected chi connectivity index (χ3v) is 4.55. The zero-order chi connectivity index (χ0) is 19.8. The number of fused-ring (bicyclic) bond motifs is 1. The molecule has 2 aromatic rings. The van der Waals surface area contributed by atoms with Crippen molar-refractivity contribution in [2.45, 2.75) is 6.92 Å². The SMILES string of the molecule is COC(=O)c1cn(-c2ccccc2F)cc2c(=O)n(-c3ccccc3C)nc1-2. The average Bonchev–Trinajstić information content (AvgIpc) is 3.04. The summed E-state index contributed by atoms with van der Waals surface area (Å²) in [6, 6.07) is 13.4. The Balaban J connectivity index is 2.04. The molecule has 0 N–H and O–H groups in total. The fourth-order valence-corrected chi connectivity index (χ4v) is 3.13. The third kappa shape index (κ3) is 2.77. The zero-order valence-electron chi connectivity index (χ0n) is 15.2. The lowest BCUT2D eigenvalue weighted by Crippen LogP contribution is -2.16. The van der Waals surface area contributed by atoms with Gasteiger partial charge in [0.1, 0.15) is 17.1 Å². The molecular formula is C21H16FN3O3. The molecule has 0 amide bonds. The molecular weight excluding hydrogens is 361 g/mol. The largest absolute Gasteiger partial charge is 0.465 e. The first-order chi connectivity index (χ1) is 13.5. The molecule has 0 aromatic heterocycles. The number of aryl methyl sites for hydroxylation is 1. The lowest BCUT2D eigenvalue weighted by Gasteiger charge is -2.12. The quantitative estimate of drug-likeness (QED) is 0.514. The highest BCUT2D eigenvalue weighted by atomic mass is 19.1. The van der Waals surface area contributed by atoms with E-state index < -0.39 is 17.3 Å². The van der Waals surface area contributed by atoms with Crippen LogP contribution in [0.4, 0.5) is 4.39 Å². The Bertz CT molecular complexity index is 1230. The number of pyridine rings is 1. The number of benzene rings is 2. The molecule has 0 saturated heterocycles. The van der Waals surface area contributed by atoms with Gasteiger partial charge in [-0.3, -0.25) is 4.79 Å². The van der Waals surface area contributed by atoms with Crippen LogP contribution in [0.15, 0.2) is 65.7 Å². The van der Waals surface area contributed by atoms with Crippen LogP contribution in [-0.2, 0) is 4.74 Å². The summed E-state index contributed by atoms with van der Waals surface area (Å²) >= 11 is 0. The minimum Gasteiger partial charge on any atom is -0.465 e. The maximum atomic E-state index is 14.3. The fraction of sp³-hybridized carbons (Fsp3) is 0.0952. The Hall–Kier alpha value is -3.74. The van der Waals surface area contributed by atoms with Crippen molar-refractivity contribution in [2.75, 3.05) is 7.11 Å². The molecule has 7 heteroatoms. The van der Waals surface area contributed by atoms with E-state index in [0.717, 1.165) is 5.56 Å². The molecule has 0 aliphatic carbocycles. The summed E-state index contributed by atoms with van der Waals surface area (Å²) in [5, 5.41) is 4.37. The Kier molecular flexibility index (Phi) is 4.27. The standard InChI is InChI=1S/C21H16FN3O3/c1-13-7-3-5-9-17(13)25-20(26)14-11-24(18-10-6-4-8-16(18)22)12-15(19(14)23-25)21(27)28-2/h3-12H,1-2H3. The van der Waals surface area contributed by atoms with Crippen LogP contribution in [0, 0.1) is 12.7 Å². The summed E-state index contributed by atoms with van der Waals surface area (Å²) in [5.41, 5.74) is 1.73. The van der Waals surface area contributed by atoms with E-state index in [2.05, 4.69) is 5.10 Å². The molecule has 6 nitrogen and oxygen atoms in total. The number of rotatable bonds is 3. The van der Waals surface area contributed by atoms with Crippen LogP contribution >= 0.6 is 0 Å². The Morgan fingerprint density at radius 1 is 1.04 bits per heavy atom. The number of nitrogens with zero attached hydrogens (tertiary/aromatic N) is 3. The van der Waals surface area contributed by atoms with E-state index in [1.165, 1.54) is 34.8 Å². The lowest BCUT2D eigenvalue weighted by molar-refractivity contribution is 0.0600. The van der Waals surface area contributed by atoms with Crippen molar-refractivity contribution in [1.82, 2.24) is 14.3 Å². The summed E-state index contributed by atoms with van der Waals surface area (Å²) in [6.07, 6.45) is 2.89. The topological polar surface area (TPSA) is 66.1 Å². The van der Waals surface area contributed by atoms with Gasteiger partial charge in [0.2, 0.25) is 0 Å². The number of para-hydroxylation sites is 2. The summed E-state index contributed by atoms with van der Waals surface area (Å²) in [7, 11) is 1.24. The molecule has 2 aliphatic rings. The molecule has 0 atom stereocenters. The van der Waals surface area contributed by atoms with E-state index in [4.69, 9.17) is 4.74 Å². The number of methoxy groups -OCH3 is 1. The average molecular weight is 377 g/mol. The summed E-state index contributed by atoms with van der Waals surface area (Å²) < 4.78 is 21.8. The number of hydrogen-bond acceptors (Lipinski definition) is 4. The highest BCUT2D eigenvalue weighted by Crippen LogP contribution is 2.26. The van der Waals surface area contributed by atoms with Crippen molar-refractivity contribution in [3.8, 4) is 22.6 Å². The maximum Gasteiger partial charge on any atom is 0.341 e. The maximum absolute atomic E-state index is 14.3. The first-order valence-electron chi connectivity index (χ1n) is 8.55. The molecule has 28 heavy (non-hydrogen) atoms. The predicted octanol–water partition coefficient (Wildman–Crippen LogP) is 3.36. The Morgan fingerprint density at radius 3 is 2.39 bits per heavy atom. The van der Waals surface area contributed by atoms with Crippen molar-refractivity contribution in [3.63, 3.8) is 0 Å². The summed E-state index contributed by atoms with van der Waals surface area (Å²) in [4.78, 5) is 25.4. The molecule has 0 radical (unpaired) electrons. The van der Waals surface area contributed by atoms with Gasteiger partial charge >= 0.3 is 5.97 Å². The van der Waals surface area contributed by atoms with Gasteiger partial charge in [-0.05, 0) is 30.7 Å². The second-order valence-corrected chi connectivity index (χ2v) is 6.29. The van der Waals surface area contributed by atoms with Crippen LogP contribution in [0.1, 0.15) is 15.9 Å². The number of halogens is 1. The Morgan fingerprint density at radius 2 is 1.71 bits per heavy atom. The number of carbonyl (C=O) groups is 1. The van der Waals surface area contributed by atoms with Gasteiger partial charge in [0.25, 0.3) is 5.56 Å². The molecule has 2 heterocycles. The molecule has 2 aliphatic heterocycles. The number of esters is 1. The van der Waals surface area contributed by atoms with Crippen LogP contribution in [0.2, 0.25) is 0 Å². The van der Waals surface area contributed by atoms with Crippen molar-refractivity contribution in [2.24, 2.45) is 0 Å². The molecule has 4 rings (SSSR count). The highest BCUT2D eigenvalue weighted by molar-refractivity contribution is 5.96. The van der Waals surface area contributed by atoms with Gasteiger partial charge in [0, 0.05) is 12.4 Å². The van der Waals surface area contributed by atoms with Crippen molar-refractivity contribution >= 4 is 5.97 Å². The van der Waals surface area contributed by atoms with E-state index in [9.17, 15) is 14.0 Å². The molecule has 2 aromatic carbocycles. The highest BCUT2D eigenvalue weighted by Gasteiger charge is 2.26. The molecule has 0 fully saturated rings. The second kappa shape index (κ2) is 6.77. The van der Waals surface area contributed by atoms with Crippen LogP contribution in [0.25, 0.3) is 22.6 Å². The molecule has 0 spiro atoms. The van der Waals surface area contributed by atoms with Gasteiger partial charge in [-0.1, -0.05) is 30.3 Å².